The number of aryl methyl sites for hydroxylation is 1. The minimum absolute atomic E-state index is 0.109. The largest absolute Gasteiger partial charge is 0.416 e. The first-order chi connectivity index (χ1) is 14.3. The number of allylic oxidation sites excluding steroid dienone is 1. The molecule has 0 aliphatic rings. The molecule has 5 heteroatoms. The number of nitrogens with one attached hydrogen (secondary N) is 1. The zero-order valence-electron chi connectivity index (χ0n) is 17.6. The monoisotopic (exact) mass is 417 g/mol. The first-order valence-corrected chi connectivity index (χ1v) is 10.5. The Morgan fingerprint density at radius 2 is 1.63 bits per heavy atom. The molecule has 0 unspecified atom stereocenters. The minimum atomic E-state index is -4.38. The minimum Gasteiger partial charge on any atom is -0.346 e. The molecule has 0 aliphatic carbocycles. The number of alkyl halides is 3. The zero-order valence-corrected chi connectivity index (χ0v) is 17.6. The Balaban J connectivity index is 2.22. The van der Waals surface area contributed by atoms with Gasteiger partial charge in [0.2, 0.25) is 5.91 Å². The average Bonchev–Trinajstić information content (AvgIpc) is 2.74. The highest BCUT2D eigenvalue weighted by atomic mass is 19.4. The second-order valence-corrected chi connectivity index (χ2v) is 7.42. The number of rotatable bonds is 10. The number of benzene rings is 2. The summed E-state index contributed by atoms with van der Waals surface area (Å²) >= 11 is 0. The van der Waals surface area contributed by atoms with Crippen molar-refractivity contribution in [3.8, 4) is 0 Å². The maximum absolute atomic E-state index is 13.0. The molecule has 0 heterocycles. The van der Waals surface area contributed by atoms with Crippen molar-refractivity contribution in [3.05, 3.63) is 82.9 Å². The molecule has 0 aromatic heterocycles. The van der Waals surface area contributed by atoms with Crippen LogP contribution in [-0.2, 0) is 17.4 Å². The van der Waals surface area contributed by atoms with Crippen LogP contribution in [0.25, 0.3) is 0 Å². The molecule has 1 atom stereocenters. The summed E-state index contributed by atoms with van der Waals surface area (Å²) < 4.78 is 38.9. The second kappa shape index (κ2) is 11.6. The van der Waals surface area contributed by atoms with Gasteiger partial charge in [-0.15, -0.1) is 0 Å². The van der Waals surface area contributed by atoms with Crippen LogP contribution in [-0.4, -0.2) is 5.91 Å². The van der Waals surface area contributed by atoms with Crippen molar-refractivity contribution in [2.45, 2.75) is 64.6 Å². The number of unbranched alkanes of at least 4 members (excludes halogenated alkanes) is 1. The van der Waals surface area contributed by atoms with Gasteiger partial charge in [0.15, 0.2) is 0 Å². The topological polar surface area (TPSA) is 29.1 Å². The van der Waals surface area contributed by atoms with Crippen LogP contribution in [0.4, 0.5) is 13.2 Å². The molecule has 0 radical (unpaired) electrons. The van der Waals surface area contributed by atoms with E-state index >= 15 is 0 Å². The van der Waals surface area contributed by atoms with E-state index in [1.807, 2.05) is 30.3 Å². The lowest BCUT2D eigenvalue weighted by molar-refractivity contribution is -0.137. The highest BCUT2D eigenvalue weighted by molar-refractivity contribution is 5.77. The van der Waals surface area contributed by atoms with Crippen LogP contribution in [0.5, 0.6) is 0 Å². The molecular formula is C25H30F3NO. The quantitative estimate of drug-likeness (QED) is 0.413. The summed E-state index contributed by atoms with van der Waals surface area (Å²) in [6.07, 6.45) is 2.20. The zero-order chi connectivity index (χ0) is 22.0. The van der Waals surface area contributed by atoms with E-state index in [9.17, 15) is 18.0 Å². The summed E-state index contributed by atoms with van der Waals surface area (Å²) in [6.45, 7) is 4.13. The Morgan fingerprint density at radius 3 is 2.20 bits per heavy atom. The molecule has 0 aliphatic heterocycles. The molecule has 1 N–H and O–H groups in total. The lowest BCUT2D eigenvalue weighted by atomic mass is 9.93. The van der Waals surface area contributed by atoms with E-state index in [0.29, 0.717) is 18.4 Å². The number of hydrogen-bond donors (Lipinski definition) is 1. The highest BCUT2D eigenvalue weighted by Crippen LogP contribution is 2.32. The smallest absolute Gasteiger partial charge is 0.346 e. The molecule has 2 nitrogen and oxygen atoms in total. The van der Waals surface area contributed by atoms with Crippen LogP contribution in [0.3, 0.4) is 0 Å². The van der Waals surface area contributed by atoms with Gasteiger partial charge in [-0.1, -0.05) is 75.2 Å². The van der Waals surface area contributed by atoms with Gasteiger partial charge in [-0.2, -0.15) is 13.2 Å². The fraction of sp³-hybridized carbons (Fsp3) is 0.400. The Bertz CT molecular complexity index is 811. The predicted octanol–water partition coefficient (Wildman–Crippen LogP) is 7.02. The van der Waals surface area contributed by atoms with Crippen LogP contribution in [0.15, 0.2) is 66.2 Å². The summed E-state index contributed by atoms with van der Waals surface area (Å²) in [5.74, 6) is -0.109. The van der Waals surface area contributed by atoms with Gasteiger partial charge >= 0.3 is 6.18 Å². The Labute approximate surface area is 177 Å². The first-order valence-electron chi connectivity index (χ1n) is 10.5. The maximum Gasteiger partial charge on any atom is 0.416 e. The van der Waals surface area contributed by atoms with Crippen molar-refractivity contribution in [3.63, 3.8) is 0 Å². The molecule has 1 amide bonds. The Hall–Kier alpha value is -2.56. The van der Waals surface area contributed by atoms with E-state index in [2.05, 4.69) is 25.2 Å². The first kappa shape index (κ1) is 23.7. The van der Waals surface area contributed by atoms with Crippen molar-refractivity contribution in [2.24, 2.45) is 0 Å². The summed E-state index contributed by atoms with van der Waals surface area (Å²) in [6, 6.07) is 14.5. The summed E-state index contributed by atoms with van der Waals surface area (Å²) in [5, 5.41) is 3.07. The standard InChI is InChI=1S/C25H30F3NO/c1-3-5-12-20(9-4-2)24(21-14-16-22(17-15-21)25(26,27)28)29-23(30)18-13-19-10-7-6-8-11-19/h6-8,10-12,14-17,24H,3-5,9,13,18H2,1-2H3,(H,29,30)/t24-/m1/s1. The van der Waals surface area contributed by atoms with E-state index in [-0.39, 0.29) is 5.91 Å². The molecule has 0 saturated carbocycles. The molecule has 0 spiro atoms. The van der Waals surface area contributed by atoms with E-state index < -0.39 is 17.8 Å². The van der Waals surface area contributed by atoms with Crippen LogP contribution in [0, 0.1) is 0 Å². The normalized spacial score (nSPS) is 13.2. The molecule has 2 aromatic carbocycles. The third kappa shape index (κ3) is 7.36. The van der Waals surface area contributed by atoms with E-state index in [1.165, 1.54) is 12.1 Å². The fourth-order valence-electron chi connectivity index (χ4n) is 3.37. The molecule has 0 saturated heterocycles. The van der Waals surface area contributed by atoms with Crippen LogP contribution >= 0.6 is 0 Å². The van der Waals surface area contributed by atoms with Crippen LogP contribution < -0.4 is 5.32 Å². The molecule has 162 valence electrons. The molecule has 2 rings (SSSR count). The third-order valence-electron chi connectivity index (χ3n) is 4.96. The van der Waals surface area contributed by atoms with Gasteiger partial charge in [0.1, 0.15) is 0 Å². The van der Waals surface area contributed by atoms with Crippen molar-refractivity contribution in [1.29, 1.82) is 0 Å². The number of carbonyl (C=O) groups is 1. The summed E-state index contributed by atoms with van der Waals surface area (Å²) in [4.78, 5) is 12.7. The third-order valence-corrected chi connectivity index (χ3v) is 4.96. The predicted molar refractivity (Wildman–Crippen MR) is 115 cm³/mol. The molecule has 0 bridgehead atoms. The van der Waals surface area contributed by atoms with Crippen LogP contribution in [0.2, 0.25) is 0 Å². The van der Waals surface area contributed by atoms with Crippen molar-refractivity contribution in [1.82, 2.24) is 5.32 Å². The van der Waals surface area contributed by atoms with E-state index in [1.54, 1.807) is 0 Å². The maximum atomic E-state index is 13.0. The van der Waals surface area contributed by atoms with Crippen molar-refractivity contribution >= 4 is 5.91 Å². The number of halogens is 3. The second-order valence-electron chi connectivity index (χ2n) is 7.42. The van der Waals surface area contributed by atoms with E-state index in [4.69, 9.17) is 0 Å². The van der Waals surface area contributed by atoms with Gasteiger partial charge < -0.3 is 5.32 Å². The number of carbonyl (C=O) groups excluding carboxylic acids is 1. The fourth-order valence-corrected chi connectivity index (χ4v) is 3.37. The number of amides is 1. The van der Waals surface area contributed by atoms with Gasteiger partial charge in [0.25, 0.3) is 0 Å². The van der Waals surface area contributed by atoms with Gasteiger partial charge in [-0.25, -0.2) is 0 Å². The molecule has 30 heavy (non-hydrogen) atoms. The number of hydrogen-bond acceptors (Lipinski definition) is 1. The van der Waals surface area contributed by atoms with Crippen molar-refractivity contribution in [2.75, 3.05) is 0 Å². The van der Waals surface area contributed by atoms with Crippen molar-refractivity contribution < 1.29 is 18.0 Å². The SMILES string of the molecule is CCCC=C(CCC)[C@@H](NC(=O)CCc1ccccc1)c1ccc(C(F)(F)F)cc1. The van der Waals surface area contributed by atoms with Gasteiger partial charge in [-0.05, 0) is 48.1 Å². The van der Waals surface area contributed by atoms with E-state index in [0.717, 1.165) is 49.0 Å². The van der Waals surface area contributed by atoms with Gasteiger partial charge in [0, 0.05) is 6.42 Å². The molecular weight excluding hydrogens is 387 g/mol. The van der Waals surface area contributed by atoms with Gasteiger partial charge in [-0.3, -0.25) is 4.79 Å². The summed E-state index contributed by atoms with van der Waals surface area (Å²) in [5.41, 5.74) is 2.11. The Morgan fingerprint density at radius 1 is 0.967 bits per heavy atom. The average molecular weight is 418 g/mol. The molecule has 2 aromatic rings. The van der Waals surface area contributed by atoms with Gasteiger partial charge in [0.05, 0.1) is 11.6 Å². The lowest BCUT2D eigenvalue weighted by Gasteiger charge is -2.23. The van der Waals surface area contributed by atoms with Crippen LogP contribution in [0.1, 0.15) is 68.7 Å². The lowest BCUT2D eigenvalue weighted by Crippen LogP contribution is -2.30. The molecule has 0 fully saturated rings. The Kier molecular flexibility index (Phi) is 9.15. The highest BCUT2D eigenvalue weighted by Gasteiger charge is 2.30. The summed E-state index contributed by atoms with van der Waals surface area (Å²) in [7, 11) is 0.